The number of anilines is 2. The number of rotatable bonds is 2. The largest absolute Gasteiger partial charge is 0.386 e. The number of benzene rings is 3. The average molecular weight is 529 g/mol. The van der Waals surface area contributed by atoms with Gasteiger partial charge in [-0.25, -0.2) is 4.98 Å². The monoisotopic (exact) mass is 528 g/mol. The van der Waals surface area contributed by atoms with Crippen LogP contribution in [0.2, 0.25) is 0 Å². The van der Waals surface area contributed by atoms with Crippen LogP contribution in [0.3, 0.4) is 0 Å². The van der Waals surface area contributed by atoms with Gasteiger partial charge < -0.3 is 20.5 Å². The van der Waals surface area contributed by atoms with Crippen molar-refractivity contribution >= 4 is 33.5 Å². The van der Waals surface area contributed by atoms with Crippen LogP contribution in [0.5, 0.6) is 0 Å². The zero-order chi connectivity index (χ0) is 26.2. The van der Waals surface area contributed by atoms with E-state index in [1.165, 1.54) is 0 Å². The molecule has 6 rings (SSSR count). The number of nitrogens with zero attached hydrogens (tertiary/aromatic N) is 2. The molecule has 0 spiro atoms. The Balaban J connectivity index is 1.42. The third kappa shape index (κ3) is 5.16. The molecule has 0 radical (unpaired) electrons. The third-order valence-corrected chi connectivity index (χ3v) is 8.87. The number of ether oxygens (including phenoxy) is 1. The number of β-amino-alcohol motifs (C(OH)–C–C–N with tert-alkyl or cyclic N) is 1. The highest BCUT2D eigenvalue weighted by molar-refractivity contribution is 7.85. The van der Waals surface area contributed by atoms with Gasteiger partial charge in [0.05, 0.1) is 28.5 Å². The van der Waals surface area contributed by atoms with Crippen molar-refractivity contribution < 1.29 is 14.1 Å². The van der Waals surface area contributed by atoms with E-state index >= 15 is 0 Å². The van der Waals surface area contributed by atoms with Gasteiger partial charge in [0.1, 0.15) is 11.4 Å². The van der Waals surface area contributed by atoms with Crippen molar-refractivity contribution in [1.82, 2.24) is 9.97 Å². The number of aromatic nitrogens is 2. The third-order valence-electron chi connectivity index (χ3n) is 7.40. The molecule has 8 heteroatoms. The van der Waals surface area contributed by atoms with E-state index in [4.69, 9.17) is 9.72 Å². The van der Waals surface area contributed by atoms with Crippen LogP contribution >= 0.6 is 0 Å². The average Bonchev–Trinajstić information content (AvgIpc) is 3.23. The normalized spacial score (nSPS) is 25.5. The van der Waals surface area contributed by atoms with Crippen molar-refractivity contribution in [2.24, 2.45) is 0 Å². The SMILES string of the molecule is Cc1ccc2nc3nc(c2c1)NCC1(O)COC(Cc2ccccc2)(Cc2ccccc2S(=O)CCN3)C1. The van der Waals surface area contributed by atoms with E-state index in [0.717, 1.165) is 32.5 Å². The number of hydrogen-bond acceptors (Lipinski definition) is 7. The molecule has 0 saturated carbocycles. The summed E-state index contributed by atoms with van der Waals surface area (Å²) < 4.78 is 20.0. The molecular weight excluding hydrogens is 496 g/mol. The Labute approximate surface area is 225 Å². The molecule has 1 aromatic heterocycles. The second-order valence-corrected chi connectivity index (χ2v) is 12.1. The summed E-state index contributed by atoms with van der Waals surface area (Å²) in [6, 6.07) is 24.2. The summed E-state index contributed by atoms with van der Waals surface area (Å²) in [5.41, 5.74) is 2.32. The van der Waals surface area contributed by atoms with Gasteiger partial charge in [0.2, 0.25) is 5.95 Å². The smallest absolute Gasteiger partial charge is 0.225 e. The molecular formula is C30H32N4O3S. The summed E-state index contributed by atoms with van der Waals surface area (Å²) in [4.78, 5) is 10.2. The van der Waals surface area contributed by atoms with Crippen molar-refractivity contribution in [3.63, 3.8) is 0 Å². The maximum atomic E-state index is 13.5. The van der Waals surface area contributed by atoms with Crippen LogP contribution in [0.1, 0.15) is 23.1 Å². The second-order valence-electron chi connectivity index (χ2n) is 10.6. The van der Waals surface area contributed by atoms with Gasteiger partial charge in [-0.1, -0.05) is 60.2 Å². The lowest BCUT2D eigenvalue weighted by atomic mass is 9.81. The van der Waals surface area contributed by atoms with Gasteiger partial charge in [0, 0.05) is 48.4 Å². The zero-order valence-corrected chi connectivity index (χ0v) is 22.3. The minimum atomic E-state index is -1.22. The molecule has 7 nitrogen and oxygen atoms in total. The van der Waals surface area contributed by atoms with Crippen LogP contribution in [-0.2, 0) is 28.4 Å². The van der Waals surface area contributed by atoms with Gasteiger partial charge >= 0.3 is 0 Å². The van der Waals surface area contributed by atoms with Crippen LogP contribution in [-0.4, -0.2) is 55.9 Å². The minimum absolute atomic E-state index is 0.200. The van der Waals surface area contributed by atoms with Crippen molar-refractivity contribution in [2.45, 2.75) is 42.3 Å². The zero-order valence-electron chi connectivity index (χ0n) is 21.4. The van der Waals surface area contributed by atoms with Gasteiger partial charge in [-0.3, -0.25) is 4.21 Å². The molecule has 4 aromatic rings. The summed E-state index contributed by atoms with van der Waals surface area (Å²) in [7, 11) is -1.22. The first-order chi connectivity index (χ1) is 18.4. The predicted octanol–water partition coefficient (Wildman–Crippen LogP) is 4.26. The van der Waals surface area contributed by atoms with E-state index in [0.29, 0.717) is 43.3 Å². The molecule has 0 aliphatic carbocycles. The van der Waals surface area contributed by atoms with E-state index in [1.54, 1.807) is 0 Å². The van der Waals surface area contributed by atoms with E-state index < -0.39 is 22.0 Å². The van der Waals surface area contributed by atoms with Crippen LogP contribution in [0.4, 0.5) is 11.8 Å². The van der Waals surface area contributed by atoms with E-state index in [2.05, 4.69) is 33.8 Å². The molecule has 3 N–H and O–H groups in total. The van der Waals surface area contributed by atoms with Crippen molar-refractivity contribution in [2.75, 3.05) is 36.1 Å². The van der Waals surface area contributed by atoms with Crippen molar-refractivity contribution in [3.05, 3.63) is 89.5 Å². The Bertz CT molecular complexity index is 1500. The van der Waals surface area contributed by atoms with Crippen LogP contribution < -0.4 is 10.6 Å². The van der Waals surface area contributed by atoms with E-state index in [1.807, 2.05) is 61.5 Å². The highest BCUT2D eigenvalue weighted by atomic mass is 32.2. The molecule has 0 amide bonds. The second kappa shape index (κ2) is 10.1. The minimum Gasteiger partial charge on any atom is -0.386 e. The maximum absolute atomic E-state index is 13.5. The molecule has 2 aliphatic rings. The van der Waals surface area contributed by atoms with Gasteiger partial charge in [-0.2, -0.15) is 4.98 Å². The Kier molecular flexibility index (Phi) is 6.63. The fourth-order valence-corrected chi connectivity index (χ4v) is 6.82. The van der Waals surface area contributed by atoms with E-state index in [9.17, 15) is 9.32 Å². The van der Waals surface area contributed by atoms with Gasteiger partial charge in [-0.15, -0.1) is 0 Å². The molecule has 3 heterocycles. The summed E-state index contributed by atoms with van der Waals surface area (Å²) in [5.74, 6) is 1.55. The van der Waals surface area contributed by atoms with Crippen LogP contribution in [0.25, 0.3) is 10.9 Å². The first kappa shape index (κ1) is 25.0. The summed E-state index contributed by atoms with van der Waals surface area (Å²) in [5, 5.41) is 19.4. The summed E-state index contributed by atoms with van der Waals surface area (Å²) >= 11 is 0. The van der Waals surface area contributed by atoms with E-state index in [-0.39, 0.29) is 13.2 Å². The first-order valence-electron chi connectivity index (χ1n) is 13.0. The number of hydrogen-bond donors (Lipinski definition) is 3. The molecule has 1 fully saturated rings. The number of fused-ring (bicyclic) bond motifs is 7. The first-order valence-corrected chi connectivity index (χ1v) is 14.4. The topological polar surface area (TPSA) is 96.4 Å². The Morgan fingerprint density at radius 3 is 2.71 bits per heavy atom. The summed E-state index contributed by atoms with van der Waals surface area (Å²) in [6.45, 7) is 2.99. The predicted molar refractivity (Wildman–Crippen MR) is 151 cm³/mol. The number of aliphatic hydroxyl groups is 1. The molecule has 196 valence electrons. The molecule has 4 bridgehead atoms. The Hall–Kier alpha value is -3.33. The number of nitrogens with one attached hydrogen (secondary N) is 2. The highest BCUT2D eigenvalue weighted by Crippen LogP contribution is 2.40. The quantitative estimate of drug-likeness (QED) is 0.358. The Morgan fingerprint density at radius 2 is 1.84 bits per heavy atom. The standard InChI is InChI=1S/C30H32N4O3S/c1-21-11-12-25-24(15-21)27-32-19-29(35)18-30(37-20-29,16-22-7-3-2-4-8-22)17-23-9-5-6-10-26(23)38(36)14-13-31-28(33-25)34-27/h2-12,15,35H,13-14,16-20H2,1H3,(H2,31,32,33,34). The van der Waals surface area contributed by atoms with Gasteiger partial charge in [0.25, 0.3) is 0 Å². The molecule has 38 heavy (non-hydrogen) atoms. The molecule has 3 aromatic carbocycles. The molecule has 3 unspecified atom stereocenters. The Morgan fingerprint density at radius 1 is 1.03 bits per heavy atom. The lowest BCUT2D eigenvalue weighted by Gasteiger charge is -2.31. The summed E-state index contributed by atoms with van der Waals surface area (Å²) in [6.07, 6.45) is 1.66. The number of aryl methyl sites for hydroxylation is 1. The maximum Gasteiger partial charge on any atom is 0.225 e. The van der Waals surface area contributed by atoms with Crippen molar-refractivity contribution in [3.8, 4) is 0 Å². The van der Waals surface area contributed by atoms with Gasteiger partial charge in [0.15, 0.2) is 0 Å². The molecule has 3 atom stereocenters. The molecule has 1 saturated heterocycles. The van der Waals surface area contributed by atoms with Crippen LogP contribution in [0.15, 0.2) is 77.7 Å². The lowest BCUT2D eigenvalue weighted by Crippen LogP contribution is -2.41. The molecule has 2 aliphatic heterocycles. The van der Waals surface area contributed by atoms with Crippen LogP contribution in [0, 0.1) is 6.92 Å². The highest BCUT2D eigenvalue weighted by Gasteiger charge is 2.49. The fraction of sp³-hybridized carbons (Fsp3) is 0.333. The van der Waals surface area contributed by atoms with Gasteiger partial charge in [-0.05, 0) is 36.2 Å². The lowest BCUT2D eigenvalue weighted by molar-refractivity contribution is -0.00766. The fourth-order valence-electron chi connectivity index (χ4n) is 5.65. The van der Waals surface area contributed by atoms with Crippen molar-refractivity contribution in [1.29, 1.82) is 0 Å².